The first-order chi connectivity index (χ1) is 16.0. The van der Waals surface area contributed by atoms with Gasteiger partial charge in [-0.3, -0.25) is 0 Å². The summed E-state index contributed by atoms with van der Waals surface area (Å²) >= 11 is 1.76. The van der Waals surface area contributed by atoms with Crippen molar-refractivity contribution in [1.82, 2.24) is 0 Å². The smallest absolute Gasteiger partial charge is 0.346 e. The van der Waals surface area contributed by atoms with Crippen molar-refractivity contribution in [2.75, 3.05) is 18.0 Å². The number of carboxylic acid groups (broad SMARTS) is 1. The maximum absolute atomic E-state index is 11.1. The number of thiophene rings is 1. The van der Waals surface area contributed by atoms with E-state index in [0.29, 0.717) is 5.56 Å². The highest BCUT2D eigenvalue weighted by Gasteiger charge is 2.14. The van der Waals surface area contributed by atoms with Gasteiger partial charge in [0.2, 0.25) is 0 Å². The summed E-state index contributed by atoms with van der Waals surface area (Å²) in [4.78, 5) is 15.8. The van der Waals surface area contributed by atoms with Crippen LogP contribution in [-0.4, -0.2) is 24.2 Å². The molecule has 0 amide bonds. The number of hydrogen-bond acceptors (Lipinski definition) is 4. The number of benzene rings is 3. The fraction of sp³-hybridized carbons (Fsp3) is 0.143. The van der Waals surface area contributed by atoms with Gasteiger partial charge in [0.15, 0.2) is 0 Å². The van der Waals surface area contributed by atoms with Crippen LogP contribution in [0.4, 0.5) is 5.69 Å². The number of aliphatic carboxylic acids is 1. The highest BCUT2D eigenvalue weighted by Crippen LogP contribution is 2.44. The van der Waals surface area contributed by atoms with Crippen molar-refractivity contribution in [3.8, 4) is 27.0 Å². The van der Waals surface area contributed by atoms with Gasteiger partial charge in [0.1, 0.15) is 11.6 Å². The summed E-state index contributed by atoms with van der Waals surface area (Å²) < 4.78 is 0. The van der Waals surface area contributed by atoms with Crippen molar-refractivity contribution in [2.24, 2.45) is 0 Å². The highest BCUT2D eigenvalue weighted by atomic mass is 32.1. The molecule has 5 heteroatoms. The molecule has 1 N–H and O–H groups in total. The fourth-order valence-corrected chi connectivity index (χ4v) is 5.26. The first kappa shape index (κ1) is 22.3. The topological polar surface area (TPSA) is 64.3 Å². The summed E-state index contributed by atoms with van der Waals surface area (Å²) in [6.45, 7) is 6.30. The van der Waals surface area contributed by atoms with E-state index in [4.69, 9.17) is 10.4 Å². The van der Waals surface area contributed by atoms with Gasteiger partial charge in [-0.1, -0.05) is 60.7 Å². The Kier molecular flexibility index (Phi) is 6.58. The number of carbonyl (C=O) groups is 1. The van der Waals surface area contributed by atoms with Crippen LogP contribution in [0, 0.1) is 11.3 Å². The van der Waals surface area contributed by atoms with Crippen LogP contribution in [0.1, 0.15) is 19.4 Å². The van der Waals surface area contributed by atoms with Crippen LogP contribution in [0.15, 0.2) is 78.4 Å². The summed E-state index contributed by atoms with van der Waals surface area (Å²) in [5.74, 6) is -1.22. The van der Waals surface area contributed by atoms with Gasteiger partial charge in [-0.2, -0.15) is 5.26 Å². The van der Waals surface area contributed by atoms with Crippen molar-refractivity contribution < 1.29 is 9.90 Å². The van der Waals surface area contributed by atoms with Crippen LogP contribution in [0.25, 0.3) is 37.7 Å². The lowest BCUT2D eigenvalue weighted by Crippen LogP contribution is -2.21. The zero-order chi connectivity index (χ0) is 23.4. The van der Waals surface area contributed by atoms with E-state index in [1.54, 1.807) is 17.4 Å². The highest BCUT2D eigenvalue weighted by molar-refractivity contribution is 7.21. The van der Waals surface area contributed by atoms with Crippen molar-refractivity contribution in [1.29, 1.82) is 5.26 Å². The fourth-order valence-electron chi connectivity index (χ4n) is 3.97. The lowest BCUT2D eigenvalue weighted by molar-refractivity contribution is -0.132. The molecule has 4 rings (SSSR count). The van der Waals surface area contributed by atoms with Gasteiger partial charge in [-0.25, -0.2) is 4.79 Å². The Morgan fingerprint density at radius 2 is 1.42 bits per heavy atom. The second kappa shape index (κ2) is 9.72. The normalized spacial score (nSPS) is 11.4. The molecule has 0 bridgehead atoms. The van der Waals surface area contributed by atoms with Gasteiger partial charge in [0.05, 0.1) is 0 Å². The van der Waals surface area contributed by atoms with Gasteiger partial charge in [-0.05, 0) is 48.7 Å². The maximum Gasteiger partial charge on any atom is 0.346 e. The molecule has 0 aliphatic heterocycles. The van der Waals surface area contributed by atoms with Gasteiger partial charge in [0.25, 0.3) is 0 Å². The van der Waals surface area contributed by atoms with Crippen molar-refractivity contribution in [2.45, 2.75) is 13.8 Å². The molecular formula is C28H24N2O2S. The molecule has 0 aliphatic carbocycles. The monoisotopic (exact) mass is 452 g/mol. The lowest BCUT2D eigenvalue weighted by atomic mass is 10.0. The van der Waals surface area contributed by atoms with Crippen LogP contribution in [0.3, 0.4) is 0 Å². The number of nitrogens with zero attached hydrogens (tertiary/aromatic N) is 2. The summed E-state index contributed by atoms with van der Waals surface area (Å²) in [7, 11) is 0. The van der Waals surface area contributed by atoms with Gasteiger partial charge in [0, 0.05) is 39.3 Å². The first-order valence-corrected chi connectivity index (χ1v) is 11.7. The van der Waals surface area contributed by atoms with Crippen molar-refractivity contribution >= 4 is 39.8 Å². The lowest BCUT2D eigenvalue weighted by Gasteiger charge is -2.21. The van der Waals surface area contributed by atoms with E-state index in [2.05, 4.69) is 67.3 Å². The van der Waals surface area contributed by atoms with Crippen molar-refractivity contribution in [3.63, 3.8) is 0 Å². The summed E-state index contributed by atoms with van der Waals surface area (Å²) in [6.07, 6.45) is 1.39. The van der Waals surface area contributed by atoms with Crippen LogP contribution < -0.4 is 4.90 Å². The second-order valence-corrected chi connectivity index (χ2v) is 8.64. The zero-order valence-corrected chi connectivity index (χ0v) is 19.4. The van der Waals surface area contributed by atoms with E-state index in [9.17, 15) is 4.79 Å². The largest absolute Gasteiger partial charge is 0.477 e. The van der Waals surface area contributed by atoms with Crippen molar-refractivity contribution in [3.05, 3.63) is 83.9 Å². The second-order valence-electron chi connectivity index (χ2n) is 7.62. The van der Waals surface area contributed by atoms with Crippen LogP contribution >= 0.6 is 11.3 Å². The molecule has 0 radical (unpaired) electrons. The molecule has 3 aromatic carbocycles. The molecule has 0 atom stereocenters. The number of hydrogen-bond donors (Lipinski definition) is 1. The average Bonchev–Trinajstić information content (AvgIpc) is 3.24. The average molecular weight is 453 g/mol. The molecule has 164 valence electrons. The molecule has 0 spiro atoms. The van der Waals surface area contributed by atoms with Gasteiger partial charge < -0.3 is 10.0 Å². The van der Waals surface area contributed by atoms with Gasteiger partial charge in [-0.15, -0.1) is 11.3 Å². The number of fused-ring (bicyclic) bond motifs is 1. The molecule has 1 heterocycles. The molecule has 0 saturated carbocycles. The Balaban J connectivity index is 1.74. The quantitative estimate of drug-likeness (QED) is 0.240. The molecule has 0 saturated heterocycles. The van der Waals surface area contributed by atoms with Gasteiger partial charge >= 0.3 is 5.97 Å². The molecule has 1 aromatic heterocycles. The molecule has 4 aromatic rings. The van der Waals surface area contributed by atoms with Crippen LogP contribution in [0.5, 0.6) is 0 Å². The number of anilines is 1. The van der Waals surface area contributed by atoms with E-state index >= 15 is 0 Å². The molecule has 0 aliphatic rings. The number of rotatable bonds is 7. The Hall–Kier alpha value is -3.88. The standard InChI is InChI=1S/C28H24N2O2S/c1-3-30(4-2)23-15-13-21(14-16-23)27-25-8-6-5-7-24(25)26(33-27)20-11-9-19(10-12-20)17-22(18-29)28(31)32/h5-17H,3-4H2,1-2H3,(H,31,32)/b22-17+. The minimum atomic E-state index is -1.22. The molecule has 0 fully saturated rings. The maximum atomic E-state index is 11.1. The minimum Gasteiger partial charge on any atom is -0.477 e. The third-order valence-electron chi connectivity index (χ3n) is 5.71. The third-order valence-corrected chi connectivity index (χ3v) is 7.03. The first-order valence-electron chi connectivity index (χ1n) is 10.9. The van der Waals surface area contributed by atoms with E-state index in [1.165, 1.54) is 37.9 Å². The van der Waals surface area contributed by atoms with E-state index in [0.717, 1.165) is 18.7 Å². The summed E-state index contributed by atoms with van der Waals surface area (Å²) in [5.41, 5.74) is 3.89. The predicted octanol–water partition coefficient (Wildman–Crippen LogP) is 7.07. The molecule has 4 nitrogen and oxygen atoms in total. The molecular weight excluding hydrogens is 428 g/mol. The minimum absolute atomic E-state index is 0.278. The number of carboxylic acids is 1. The summed E-state index contributed by atoms with van der Waals surface area (Å²) in [5, 5.41) is 20.5. The Morgan fingerprint density at radius 3 is 1.88 bits per heavy atom. The Morgan fingerprint density at radius 1 is 0.909 bits per heavy atom. The van der Waals surface area contributed by atoms with E-state index in [-0.39, 0.29) is 5.57 Å². The molecule has 33 heavy (non-hydrogen) atoms. The SMILES string of the molecule is CCN(CC)c1ccc(-c2sc(-c3ccc(/C=C(\C#N)C(=O)O)cc3)c3ccccc23)cc1. The molecule has 0 unspecified atom stereocenters. The Labute approximate surface area is 197 Å². The predicted molar refractivity (Wildman–Crippen MR) is 137 cm³/mol. The summed E-state index contributed by atoms with van der Waals surface area (Å²) in [6, 6.07) is 26.6. The van der Waals surface area contributed by atoms with Crippen LogP contribution in [-0.2, 0) is 4.79 Å². The van der Waals surface area contributed by atoms with Crippen LogP contribution in [0.2, 0.25) is 0 Å². The third kappa shape index (κ3) is 4.52. The zero-order valence-electron chi connectivity index (χ0n) is 18.6. The van der Waals surface area contributed by atoms with E-state index < -0.39 is 5.97 Å². The number of nitriles is 1. The van der Waals surface area contributed by atoms with E-state index in [1.807, 2.05) is 24.3 Å². The Bertz CT molecular complexity index is 1360.